The maximum atomic E-state index is 12.4. The average Bonchev–Trinajstić information content (AvgIpc) is 2.51. The van der Waals surface area contributed by atoms with Crippen molar-refractivity contribution >= 4 is 11.6 Å². The molecule has 0 bridgehead atoms. The van der Waals surface area contributed by atoms with E-state index in [0.29, 0.717) is 0 Å². The summed E-state index contributed by atoms with van der Waals surface area (Å²) in [7, 11) is 0. The molecule has 1 aromatic carbocycles. The fourth-order valence-electron chi connectivity index (χ4n) is 2.24. The van der Waals surface area contributed by atoms with Crippen LogP contribution >= 0.6 is 0 Å². The Bertz CT molecular complexity index is 417. The lowest BCUT2D eigenvalue weighted by molar-refractivity contribution is -0.126. The van der Waals surface area contributed by atoms with Crippen LogP contribution in [-0.4, -0.2) is 11.9 Å². The van der Waals surface area contributed by atoms with E-state index >= 15 is 0 Å². The Morgan fingerprint density at radius 2 is 1.94 bits per heavy atom. The molecule has 2 nitrogen and oxygen atoms in total. The number of hydrogen-bond acceptors (Lipinski definition) is 1. The molecule has 0 fully saturated rings. The molecule has 0 spiro atoms. The van der Waals surface area contributed by atoms with Gasteiger partial charge in [-0.1, -0.05) is 39.0 Å². The van der Waals surface area contributed by atoms with Crippen LogP contribution in [0.1, 0.15) is 33.3 Å². The summed E-state index contributed by atoms with van der Waals surface area (Å²) >= 11 is 0. The normalized spacial score (nSPS) is 19.8. The summed E-state index contributed by atoms with van der Waals surface area (Å²) in [6, 6.07) is 8.48. The summed E-state index contributed by atoms with van der Waals surface area (Å²) in [6.45, 7) is 8.04. The van der Waals surface area contributed by atoms with Gasteiger partial charge in [0.25, 0.3) is 0 Å². The topological polar surface area (TPSA) is 20.3 Å². The van der Waals surface area contributed by atoms with E-state index in [4.69, 9.17) is 0 Å². The van der Waals surface area contributed by atoms with Gasteiger partial charge in [0.15, 0.2) is 0 Å². The van der Waals surface area contributed by atoms with Crippen LogP contribution < -0.4 is 4.90 Å². The van der Waals surface area contributed by atoms with Crippen molar-refractivity contribution in [3.8, 4) is 0 Å². The van der Waals surface area contributed by atoms with Gasteiger partial charge in [0, 0.05) is 17.1 Å². The van der Waals surface area contributed by atoms with Gasteiger partial charge in [0.05, 0.1) is 0 Å². The molecule has 1 aromatic rings. The highest BCUT2D eigenvalue weighted by Crippen LogP contribution is 2.34. The number of nitrogens with zero attached hydrogens (tertiary/aromatic N) is 1. The highest BCUT2D eigenvalue weighted by Gasteiger charge is 2.36. The second-order valence-electron chi connectivity index (χ2n) is 5.61. The number of hydrogen-bond donors (Lipinski definition) is 0. The molecule has 1 aliphatic rings. The Labute approximate surface area is 97.3 Å². The Kier molecular flexibility index (Phi) is 2.53. The Morgan fingerprint density at radius 1 is 1.31 bits per heavy atom. The molecule has 1 heterocycles. The summed E-state index contributed by atoms with van der Waals surface area (Å²) in [5.74, 6) is 0.213. The summed E-state index contributed by atoms with van der Waals surface area (Å²) in [5.41, 5.74) is 2.06. The largest absolute Gasteiger partial charge is 0.309 e. The third-order valence-electron chi connectivity index (χ3n) is 3.07. The van der Waals surface area contributed by atoms with Crippen molar-refractivity contribution in [2.24, 2.45) is 5.41 Å². The van der Waals surface area contributed by atoms with Crippen molar-refractivity contribution < 1.29 is 4.79 Å². The van der Waals surface area contributed by atoms with Crippen molar-refractivity contribution in [3.63, 3.8) is 0 Å². The van der Waals surface area contributed by atoms with Gasteiger partial charge in [-0.05, 0) is 25.0 Å². The van der Waals surface area contributed by atoms with Gasteiger partial charge in [-0.25, -0.2) is 0 Å². The first-order chi connectivity index (χ1) is 7.41. The SMILES string of the molecule is CC1Cc2ccccc2N1C(=O)C(C)(C)C. The summed E-state index contributed by atoms with van der Waals surface area (Å²) in [5, 5.41) is 0. The lowest BCUT2D eigenvalue weighted by Gasteiger charge is -2.29. The lowest BCUT2D eigenvalue weighted by atomic mass is 9.94. The molecule has 0 radical (unpaired) electrons. The number of rotatable bonds is 0. The van der Waals surface area contributed by atoms with Crippen LogP contribution in [0.4, 0.5) is 5.69 Å². The molecule has 0 aromatic heterocycles. The molecule has 1 unspecified atom stereocenters. The zero-order valence-electron chi connectivity index (χ0n) is 10.4. The molecule has 0 N–H and O–H groups in total. The van der Waals surface area contributed by atoms with E-state index < -0.39 is 0 Å². The second-order valence-corrected chi connectivity index (χ2v) is 5.61. The van der Waals surface area contributed by atoms with Crippen LogP contribution in [0.15, 0.2) is 24.3 Å². The van der Waals surface area contributed by atoms with E-state index in [1.165, 1.54) is 5.56 Å². The first kappa shape index (κ1) is 11.2. The molecule has 0 saturated heterocycles. The molecule has 2 rings (SSSR count). The van der Waals surface area contributed by atoms with Crippen LogP contribution in [-0.2, 0) is 11.2 Å². The van der Waals surface area contributed by atoms with Crippen LogP contribution in [0.5, 0.6) is 0 Å². The van der Waals surface area contributed by atoms with Crippen LogP contribution in [0.2, 0.25) is 0 Å². The molecule has 2 heteroatoms. The zero-order valence-corrected chi connectivity index (χ0v) is 10.4. The molecule has 16 heavy (non-hydrogen) atoms. The minimum atomic E-state index is -0.314. The van der Waals surface area contributed by atoms with Gasteiger partial charge in [-0.15, -0.1) is 0 Å². The first-order valence-electron chi connectivity index (χ1n) is 5.83. The number of benzene rings is 1. The lowest BCUT2D eigenvalue weighted by Crippen LogP contribution is -2.42. The van der Waals surface area contributed by atoms with Gasteiger partial charge in [-0.3, -0.25) is 4.79 Å². The molecule has 0 aliphatic carbocycles. The molecule has 1 atom stereocenters. The Balaban J connectivity index is 2.40. The first-order valence-corrected chi connectivity index (χ1v) is 5.83. The van der Waals surface area contributed by atoms with Gasteiger partial charge >= 0.3 is 0 Å². The molecule has 0 saturated carbocycles. The van der Waals surface area contributed by atoms with Crippen LogP contribution in [0, 0.1) is 5.41 Å². The quantitative estimate of drug-likeness (QED) is 0.654. The van der Waals surface area contributed by atoms with Gasteiger partial charge < -0.3 is 4.90 Å². The average molecular weight is 217 g/mol. The number of carbonyl (C=O) groups is 1. The predicted molar refractivity (Wildman–Crippen MR) is 66.5 cm³/mol. The summed E-state index contributed by atoms with van der Waals surface area (Å²) < 4.78 is 0. The monoisotopic (exact) mass is 217 g/mol. The van der Waals surface area contributed by atoms with E-state index in [2.05, 4.69) is 13.0 Å². The maximum Gasteiger partial charge on any atom is 0.232 e. The van der Waals surface area contributed by atoms with E-state index in [0.717, 1.165) is 12.1 Å². The standard InChI is InChI=1S/C14H19NO/c1-10-9-11-7-5-6-8-12(11)15(10)13(16)14(2,3)4/h5-8,10H,9H2,1-4H3. The maximum absolute atomic E-state index is 12.4. The van der Waals surface area contributed by atoms with Gasteiger partial charge in [0.2, 0.25) is 5.91 Å². The molecular weight excluding hydrogens is 198 g/mol. The fraction of sp³-hybridized carbons (Fsp3) is 0.500. The zero-order chi connectivity index (χ0) is 11.9. The fourth-order valence-corrected chi connectivity index (χ4v) is 2.24. The summed E-state index contributed by atoms with van der Waals surface area (Å²) in [6.07, 6.45) is 0.970. The number of amides is 1. The molecule has 1 aliphatic heterocycles. The van der Waals surface area contributed by atoms with Crippen molar-refractivity contribution in [2.75, 3.05) is 4.90 Å². The number of carbonyl (C=O) groups excluding carboxylic acids is 1. The van der Waals surface area contributed by atoms with Crippen LogP contribution in [0.25, 0.3) is 0 Å². The van der Waals surface area contributed by atoms with Crippen molar-refractivity contribution in [2.45, 2.75) is 40.2 Å². The van der Waals surface area contributed by atoms with E-state index in [1.54, 1.807) is 0 Å². The highest BCUT2D eigenvalue weighted by molar-refractivity contribution is 5.99. The summed E-state index contributed by atoms with van der Waals surface area (Å²) in [4.78, 5) is 14.3. The van der Waals surface area contributed by atoms with Gasteiger partial charge in [0.1, 0.15) is 0 Å². The second kappa shape index (κ2) is 3.62. The third-order valence-corrected chi connectivity index (χ3v) is 3.07. The third kappa shape index (κ3) is 1.73. The van der Waals surface area contributed by atoms with Crippen molar-refractivity contribution in [3.05, 3.63) is 29.8 Å². The molecular formula is C14H19NO. The van der Waals surface area contributed by atoms with E-state index in [9.17, 15) is 4.79 Å². The highest BCUT2D eigenvalue weighted by atomic mass is 16.2. The molecule has 86 valence electrons. The smallest absolute Gasteiger partial charge is 0.232 e. The van der Waals surface area contributed by atoms with E-state index in [-0.39, 0.29) is 17.4 Å². The number of anilines is 1. The minimum Gasteiger partial charge on any atom is -0.309 e. The van der Waals surface area contributed by atoms with Crippen molar-refractivity contribution in [1.82, 2.24) is 0 Å². The van der Waals surface area contributed by atoms with Gasteiger partial charge in [-0.2, -0.15) is 0 Å². The van der Waals surface area contributed by atoms with E-state index in [1.807, 2.05) is 43.9 Å². The number of para-hydroxylation sites is 1. The van der Waals surface area contributed by atoms with Crippen molar-refractivity contribution in [1.29, 1.82) is 0 Å². The Hall–Kier alpha value is -1.31. The van der Waals surface area contributed by atoms with Crippen LogP contribution in [0.3, 0.4) is 0 Å². The number of fused-ring (bicyclic) bond motifs is 1. The predicted octanol–water partition coefficient (Wildman–Crippen LogP) is 3.01. The molecule has 1 amide bonds. The Morgan fingerprint density at radius 3 is 2.56 bits per heavy atom. The minimum absolute atomic E-state index is 0.213.